The summed E-state index contributed by atoms with van der Waals surface area (Å²) >= 11 is 18.4. The van der Waals surface area contributed by atoms with E-state index in [4.69, 9.17) is 34.8 Å². The normalized spacial score (nSPS) is 15.0. The second-order valence-corrected chi connectivity index (χ2v) is 8.76. The van der Waals surface area contributed by atoms with Crippen LogP contribution in [-0.4, -0.2) is 34.7 Å². The van der Waals surface area contributed by atoms with Crippen molar-refractivity contribution in [1.82, 2.24) is 9.88 Å². The number of ketones is 1. The number of benzene rings is 2. The molecule has 1 fully saturated rings. The molecule has 4 nitrogen and oxygen atoms in total. The van der Waals surface area contributed by atoms with Crippen molar-refractivity contribution in [1.29, 1.82) is 0 Å². The summed E-state index contributed by atoms with van der Waals surface area (Å²) in [6.07, 6.45) is 3.83. The molecule has 0 saturated carbocycles. The number of Topliss-reactive ketones (excluding diaryl/α,β-unsaturated/α-hetero) is 1. The number of nitrogens with zero attached hydrogens (tertiary/aromatic N) is 1. The number of carbonyl (C=O) groups is 2. The number of rotatable bonds is 5. The summed E-state index contributed by atoms with van der Waals surface area (Å²) < 4.78 is 0. The van der Waals surface area contributed by atoms with Crippen molar-refractivity contribution in [2.24, 2.45) is 0 Å². The summed E-state index contributed by atoms with van der Waals surface area (Å²) in [5.41, 5.74) is 2.38. The van der Waals surface area contributed by atoms with Crippen LogP contribution in [0.4, 0.5) is 0 Å². The number of fused-ring (bicyclic) bond motifs is 1. The van der Waals surface area contributed by atoms with E-state index >= 15 is 0 Å². The zero-order chi connectivity index (χ0) is 21.3. The van der Waals surface area contributed by atoms with Gasteiger partial charge in [-0.2, -0.15) is 0 Å². The van der Waals surface area contributed by atoms with Crippen molar-refractivity contribution in [3.05, 3.63) is 68.8 Å². The first-order valence-corrected chi connectivity index (χ1v) is 11.1. The standard InChI is InChI=1S/C23H21Cl3N2O2/c24-18-12-16-17(13-27-23(16)22(26)21(18)25)19(29)6-7-20(30)28-10-8-15(9-11-28)14-4-2-1-3-5-14/h1-5,12-13,15,27H,6-11H2. The maximum Gasteiger partial charge on any atom is 0.223 e. The Hall–Kier alpha value is -2.01. The van der Waals surface area contributed by atoms with Crippen molar-refractivity contribution >= 4 is 57.4 Å². The lowest BCUT2D eigenvalue weighted by Gasteiger charge is -2.32. The molecule has 0 bridgehead atoms. The number of aromatic amines is 1. The van der Waals surface area contributed by atoms with Crippen LogP contribution in [0.3, 0.4) is 0 Å². The first-order chi connectivity index (χ1) is 14.5. The Morgan fingerprint density at radius 1 is 1.00 bits per heavy atom. The lowest BCUT2D eigenvalue weighted by molar-refractivity contribution is -0.132. The van der Waals surface area contributed by atoms with Gasteiger partial charge in [-0.1, -0.05) is 65.1 Å². The second-order valence-electron chi connectivity index (χ2n) is 7.60. The lowest BCUT2D eigenvalue weighted by Crippen LogP contribution is -2.38. The van der Waals surface area contributed by atoms with Gasteiger partial charge in [0.1, 0.15) is 0 Å². The monoisotopic (exact) mass is 462 g/mol. The Labute approximate surface area is 190 Å². The van der Waals surface area contributed by atoms with Crippen molar-refractivity contribution < 1.29 is 9.59 Å². The number of aromatic nitrogens is 1. The van der Waals surface area contributed by atoms with Crippen molar-refractivity contribution in [2.45, 2.75) is 31.6 Å². The van der Waals surface area contributed by atoms with E-state index in [1.165, 1.54) is 5.56 Å². The number of hydrogen-bond acceptors (Lipinski definition) is 2. The Bertz CT molecular complexity index is 1090. The van der Waals surface area contributed by atoms with Crippen LogP contribution in [0.5, 0.6) is 0 Å². The number of H-pyrrole nitrogens is 1. The molecule has 4 rings (SSSR count). The van der Waals surface area contributed by atoms with Crippen molar-refractivity contribution in [3.63, 3.8) is 0 Å². The fourth-order valence-electron chi connectivity index (χ4n) is 4.10. The number of halogens is 3. The van der Waals surface area contributed by atoms with E-state index < -0.39 is 0 Å². The van der Waals surface area contributed by atoms with Crippen molar-refractivity contribution in [3.8, 4) is 0 Å². The first-order valence-electron chi connectivity index (χ1n) is 9.96. The lowest BCUT2D eigenvalue weighted by atomic mass is 9.89. The Morgan fingerprint density at radius 3 is 2.40 bits per heavy atom. The van der Waals surface area contributed by atoms with Crippen LogP contribution >= 0.6 is 34.8 Å². The molecule has 0 atom stereocenters. The topological polar surface area (TPSA) is 53.2 Å². The zero-order valence-electron chi connectivity index (χ0n) is 16.3. The van der Waals surface area contributed by atoms with Gasteiger partial charge in [-0.25, -0.2) is 0 Å². The van der Waals surface area contributed by atoms with Crippen LogP contribution in [-0.2, 0) is 4.79 Å². The molecule has 1 amide bonds. The van der Waals surface area contributed by atoms with Gasteiger partial charge in [-0.3, -0.25) is 9.59 Å². The predicted molar refractivity (Wildman–Crippen MR) is 122 cm³/mol. The van der Waals surface area contributed by atoms with Crippen LogP contribution in [0.2, 0.25) is 15.1 Å². The average molecular weight is 464 g/mol. The number of amides is 1. The summed E-state index contributed by atoms with van der Waals surface area (Å²) in [7, 11) is 0. The van der Waals surface area contributed by atoms with Crippen LogP contribution in [0.15, 0.2) is 42.6 Å². The van der Waals surface area contributed by atoms with Gasteiger partial charge in [0, 0.05) is 43.1 Å². The van der Waals surface area contributed by atoms with Gasteiger partial charge in [0.25, 0.3) is 0 Å². The third kappa shape index (κ3) is 4.22. The molecule has 156 valence electrons. The summed E-state index contributed by atoms with van der Waals surface area (Å²) in [5.74, 6) is 0.390. The van der Waals surface area contributed by atoms with Gasteiger partial charge in [0.15, 0.2) is 5.78 Å². The van der Waals surface area contributed by atoms with E-state index in [-0.39, 0.29) is 34.6 Å². The Kier molecular flexibility index (Phi) is 6.37. The van der Waals surface area contributed by atoms with E-state index in [9.17, 15) is 9.59 Å². The molecule has 0 radical (unpaired) electrons. The molecule has 7 heteroatoms. The van der Waals surface area contributed by atoms with E-state index in [0.717, 1.165) is 25.9 Å². The second kappa shape index (κ2) is 9.01. The molecule has 1 aliphatic heterocycles. The summed E-state index contributed by atoms with van der Waals surface area (Å²) in [6.45, 7) is 1.45. The molecule has 2 heterocycles. The molecule has 0 spiro atoms. The molecule has 1 aliphatic rings. The van der Waals surface area contributed by atoms with Crippen LogP contribution < -0.4 is 0 Å². The highest BCUT2D eigenvalue weighted by Crippen LogP contribution is 2.38. The minimum Gasteiger partial charge on any atom is -0.359 e. The summed E-state index contributed by atoms with van der Waals surface area (Å²) in [5, 5.41) is 1.45. The predicted octanol–water partition coefficient (Wildman–Crippen LogP) is 6.50. The summed E-state index contributed by atoms with van der Waals surface area (Å²) in [6, 6.07) is 12.0. The SMILES string of the molecule is O=C(CCC(=O)N1CCC(c2ccccc2)CC1)c1c[nH]c2c(Cl)c(Cl)c(Cl)cc12. The maximum absolute atomic E-state index is 12.7. The molecule has 1 N–H and O–H groups in total. The maximum atomic E-state index is 12.7. The Balaban J connectivity index is 1.36. The largest absolute Gasteiger partial charge is 0.359 e. The zero-order valence-corrected chi connectivity index (χ0v) is 18.5. The van der Waals surface area contributed by atoms with Crippen LogP contribution in [0, 0.1) is 0 Å². The molecule has 1 saturated heterocycles. The molecular formula is C23H21Cl3N2O2. The molecule has 0 aliphatic carbocycles. The van der Waals surface area contributed by atoms with E-state index in [0.29, 0.717) is 27.4 Å². The third-order valence-corrected chi connectivity index (χ3v) is 7.06. The van der Waals surface area contributed by atoms with E-state index in [2.05, 4.69) is 29.2 Å². The number of hydrogen-bond donors (Lipinski definition) is 1. The smallest absolute Gasteiger partial charge is 0.223 e. The quantitative estimate of drug-likeness (QED) is 0.347. The average Bonchev–Trinajstić information content (AvgIpc) is 3.20. The molecule has 30 heavy (non-hydrogen) atoms. The van der Waals surface area contributed by atoms with Gasteiger partial charge >= 0.3 is 0 Å². The molecule has 1 aromatic heterocycles. The first kappa shape index (κ1) is 21.2. The number of likely N-dealkylation sites (tertiary alicyclic amines) is 1. The van der Waals surface area contributed by atoms with Crippen molar-refractivity contribution in [2.75, 3.05) is 13.1 Å². The highest BCUT2D eigenvalue weighted by Gasteiger charge is 2.24. The Morgan fingerprint density at radius 2 is 1.70 bits per heavy atom. The number of piperidine rings is 1. The van der Waals surface area contributed by atoms with Gasteiger partial charge in [0.05, 0.1) is 20.6 Å². The van der Waals surface area contributed by atoms with Gasteiger partial charge in [0.2, 0.25) is 5.91 Å². The van der Waals surface area contributed by atoms with E-state index in [1.54, 1.807) is 12.3 Å². The van der Waals surface area contributed by atoms with Gasteiger partial charge in [-0.15, -0.1) is 0 Å². The third-order valence-electron chi connectivity index (χ3n) is 5.80. The van der Waals surface area contributed by atoms with Gasteiger partial charge in [-0.05, 0) is 30.4 Å². The van der Waals surface area contributed by atoms with E-state index in [1.807, 2.05) is 11.0 Å². The minimum absolute atomic E-state index is 0.0220. The minimum atomic E-state index is -0.122. The number of carbonyl (C=O) groups excluding carboxylic acids is 2. The van der Waals surface area contributed by atoms with Crippen LogP contribution in [0.25, 0.3) is 10.9 Å². The molecule has 3 aromatic rings. The molecular weight excluding hydrogens is 443 g/mol. The number of nitrogens with one attached hydrogen (secondary N) is 1. The fourth-order valence-corrected chi connectivity index (χ4v) is 4.76. The van der Waals surface area contributed by atoms with Gasteiger partial charge < -0.3 is 9.88 Å². The molecule has 2 aromatic carbocycles. The van der Waals surface area contributed by atoms with Crippen LogP contribution in [0.1, 0.15) is 47.5 Å². The highest BCUT2D eigenvalue weighted by atomic mass is 35.5. The molecule has 0 unspecified atom stereocenters. The summed E-state index contributed by atoms with van der Waals surface area (Å²) in [4.78, 5) is 30.2. The fraction of sp³-hybridized carbons (Fsp3) is 0.304. The highest BCUT2D eigenvalue weighted by molar-refractivity contribution is 6.50.